The molecule has 0 saturated carbocycles. The zero-order valence-electron chi connectivity index (χ0n) is 11.7. The molecule has 2 rings (SSSR count). The smallest absolute Gasteiger partial charge is 0.285 e. The number of hydrogen-bond acceptors (Lipinski definition) is 3. The molecule has 0 unspecified atom stereocenters. The van der Waals surface area contributed by atoms with Gasteiger partial charge in [0.05, 0.1) is 4.90 Å². The lowest BCUT2D eigenvalue weighted by Gasteiger charge is -2.20. The molecule has 0 bridgehead atoms. The summed E-state index contributed by atoms with van der Waals surface area (Å²) in [6, 6.07) is 2.39. The molecule has 0 aliphatic heterocycles. The molecule has 0 spiro atoms. The highest BCUT2D eigenvalue weighted by atomic mass is 32.2. The molecule has 0 aliphatic carbocycles. The van der Waals surface area contributed by atoms with Gasteiger partial charge in [-0.1, -0.05) is 0 Å². The van der Waals surface area contributed by atoms with Crippen molar-refractivity contribution in [1.82, 2.24) is 4.57 Å². The third kappa shape index (κ3) is 3.38. The summed E-state index contributed by atoms with van der Waals surface area (Å²) in [6.45, 7) is 5.72. The Morgan fingerprint density at radius 1 is 1.19 bits per heavy atom. The molecule has 4 nitrogen and oxygen atoms in total. The Morgan fingerprint density at radius 2 is 1.86 bits per heavy atom. The lowest BCUT2D eigenvalue weighted by Crippen LogP contribution is -2.30. The highest BCUT2D eigenvalue weighted by molar-refractivity contribution is 7.90. The van der Waals surface area contributed by atoms with Crippen molar-refractivity contribution in [2.45, 2.75) is 31.2 Å². The quantitative estimate of drug-likeness (QED) is 0.849. The molecular weight excluding hydrogens is 318 g/mol. The lowest BCUT2D eigenvalue weighted by molar-refractivity contribution is 0.388. The number of benzene rings is 1. The van der Waals surface area contributed by atoms with Crippen molar-refractivity contribution in [1.29, 1.82) is 0 Å². The lowest BCUT2D eigenvalue weighted by atomic mass is 10.1. The van der Waals surface area contributed by atoms with Crippen LogP contribution in [0.3, 0.4) is 0 Å². The highest BCUT2D eigenvalue weighted by Crippen LogP contribution is 2.17. The van der Waals surface area contributed by atoms with Crippen LogP contribution in [-0.4, -0.2) is 13.0 Å². The second kappa shape index (κ2) is 5.34. The van der Waals surface area contributed by atoms with E-state index < -0.39 is 21.7 Å². The van der Waals surface area contributed by atoms with Gasteiger partial charge in [0.25, 0.3) is 10.0 Å². The molecule has 114 valence electrons. The number of rotatable bonds is 2. The first kappa shape index (κ1) is 15.8. The van der Waals surface area contributed by atoms with E-state index in [9.17, 15) is 17.2 Å². The van der Waals surface area contributed by atoms with Crippen LogP contribution in [0.25, 0.3) is 0 Å². The Hall–Kier alpha value is -1.54. The summed E-state index contributed by atoms with van der Waals surface area (Å²) in [7, 11) is -4.10. The normalized spacial score (nSPS) is 13.7. The second-order valence-electron chi connectivity index (χ2n) is 5.37. The zero-order valence-corrected chi connectivity index (χ0v) is 13.3. The van der Waals surface area contributed by atoms with Crippen molar-refractivity contribution in [2.24, 2.45) is 4.40 Å². The Labute approximate surface area is 125 Å². The van der Waals surface area contributed by atoms with Gasteiger partial charge in [-0.05, 0) is 39.0 Å². The van der Waals surface area contributed by atoms with Crippen LogP contribution in [0, 0.1) is 11.6 Å². The van der Waals surface area contributed by atoms with Gasteiger partial charge in [0.2, 0.25) is 4.80 Å². The predicted molar refractivity (Wildman–Crippen MR) is 76.4 cm³/mol. The number of sulfonamides is 1. The molecule has 1 heterocycles. The van der Waals surface area contributed by atoms with Crippen molar-refractivity contribution < 1.29 is 17.2 Å². The number of halogens is 2. The molecule has 0 amide bonds. The van der Waals surface area contributed by atoms with Gasteiger partial charge in [0, 0.05) is 17.1 Å². The minimum absolute atomic E-state index is 0.271. The van der Waals surface area contributed by atoms with Crippen LogP contribution in [0.15, 0.2) is 39.1 Å². The summed E-state index contributed by atoms with van der Waals surface area (Å²) in [5.74, 6) is -2.32. The molecule has 0 radical (unpaired) electrons. The topological polar surface area (TPSA) is 51.4 Å². The summed E-state index contributed by atoms with van der Waals surface area (Å²) in [5, 5.41) is 1.71. The van der Waals surface area contributed by atoms with Gasteiger partial charge in [-0.25, -0.2) is 8.78 Å². The van der Waals surface area contributed by atoms with Crippen LogP contribution in [-0.2, 0) is 15.6 Å². The first-order valence-electron chi connectivity index (χ1n) is 6.04. The molecule has 0 atom stereocenters. The van der Waals surface area contributed by atoms with Crippen LogP contribution in [0.1, 0.15) is 20.8 Å². The molecule has 0 saturated heterocycles. The van der Waals surface area contributed by atoms with Crippen molar-refractivity contribution in [3.63, 3.8) is 0 Å². The molecule has 0 aliphatic rings. The molecule has 1 aromatic heterocycles. The molecule has 2 aromatic rings. The van der Waals surface area contributed by atoms with E-state index in [0.29, 0.717) is 6.07 Å². The first-order valence-corrected chi connectivity index (χ1v) is 8.36. The van der Waals surface area contributed by atoms with Crippen molar-refractivity contribution in [2.75, 3.05) is 0 Å². The van der Waals surface area contributed by atoms with Crippen molar-refractivity contribution >= 4 is 21.4 Å². The van der Waals surface area contributed by atoms with Crippen LogP contribution < -0.4 is 4.80 Å². The Balaban J connectivity index is 2.58. The summed E-state index contributed by atoms with van der Waals surface area (Å²) < 4.78 is 55.8. The first-order chi connectivity index (χ1) is 9.61. The Morgan fingerprint density at radius 3 is 2.43 bits per heavy atom. The van der Waals surface area contributed by atoms with Gasteiger partial charge < -0.3 is 4.57 Å². The van der Waals surface area contributed by atoms with E-state index in [-0.39, 0.29) is 15.2 Å². The largest absolute Gasteiger partial charge is 0.318 e. The van der Waals surface area contributed by atoms with Crippen LogP contribution in [0.5, 0.6) is 0 Å². The fraction of sp³-hybridized carbons (Fsp3) is 0.308. The number of hydrogen-bond donors (Lipinski definition) is 0. The van der Waals surface area contributed by atoms with Crippen LogP contribution >= 0.6 is 11.3 Å². The number of nitrogens with zero attached hydrogens (tertiary/aromatic N) is 2. The summed E-state index contributed by atoms with van der Waals surface area (Å²) >= 11 is 1.15. The monoisotopic (exact) mass is 332 g/mol. The molecular formula is C13H14F2N2O2S2. The third-order valence-electron chi connectivity index (χ3n) is 2.70. The molecule has 21 heavy (non-hydrogen) atoms. The Bertz CT molecular complexity index is 830. The zero-order chi connectivity index (χ0) is 15.8. The highest BCUT2D eigenvalue weighted by Gasteiger charge is 2.18. The van der Waals surface area contributed by atoms with E-state index in [1.807, 2.05) is 20.8 Å². The fourth-order valence-corrected chi connectivity index (χ4v) is 3.75. The Kier molecular flexibility index (Phi) is 4.03. The fourth-order valence-electron chi connectivity index (χ4n) is 1.64. The van der Waals surface area contributed by atoms with E-state index in [1.165, 1.54) is 0 Å². The van der Waals surface area contributed by atoms with E-state index in [0.717, 1.165) is 23.5 Å². The number of aromatic nitrogens is 1. The number of thiazole rings is 1. The standard InChI is InChI=1S/C13H14F2N2O2S2/c1-13(2,3)17-6-7-20-12(17)16-21(18,19)9-4-5-10(14)11(15)8-9/h4-8H,1-3H3/b16-12-. The van der Waals surface area contributed by atoms with Gasteiger partial charge in [0.15, 0.2) is 11.6 Å². The average Bonchev–Trinajstić information content (AvgIpc) is 2.79. The molecule has 0 N–H and O–H groups in total. The maximum Gasteiger partial charge on any atom is 0.285 e. The molecule has 0 fully saturated rings. The van der Waals surface area contributed by atoms with Gasteiger partial charge in [-0.15, -0.1) is 15.7 Å². The van der Waals surface area contributed by atoms with E-state index in [2.05, 4.69) is 4.40 Å². The third-order valence-corrected chi connectivity index (χ3v) is 4.83. The maximum absolute atomic E-state index is 13.2. The summed E-state index contributed by atoms with van der Waals surface area (Å²) in [6.07, 6.45) is 1.73. The van der Waals surface area contributed by atoms with Gasteiger partial charge in [0.1, 0.15) is 0 Å². The van der Waals surface area contributed by atoms with Gasteiger partial charge in [-0.2, -0.15) is 8.42 Å². The minimum Gasteiger partial charge on any atom is -0.318 e. The van der Waals surface area contributed by atoms with E-state index in [4.69, 9.17) is 0 Å². The van der Waals surface area contributed by atoms with Gasteiger partial charge in [-0.3, -0.25) is 0 Å². The van der Waals surface area contributed by atoms with Crippen LogP contribution in [0.4, 0.5) is 8.78 Å². The SMILES string of the molecule is CC(C)(C)n1ccs/c1=N\S(=O)(=O)c1ccc(F)c(F)c1. The molecule has 1 aromatic carbocycles. The summed E-state index contributed by atoms with van der Waals surface area (Å²) in [5.41, 5.74) is -0.345. The van der Waals surface area contributed by atoms with Gasteiger partial charge >= 0.3 is 0 Å². The van der Waals surface area contributed by atoms with Crippen molar-refractivity contribution in [3.05, 3.63) is 46.2 Å². The minimum atomic E-state index is -4.10. The summed E-state index contributed by atoms with van der Waals surface area (Å²) in [4.78, 5) is -0.109. The predicted octanol–water partition coefficient (Wildman–Crippen LogP) is 2.87. The maximum atomic E-state index is 13.2. The second-order valence-corrected chi connectivity index (χ2v) is 7.85. The van der Waals surface area contributed by atoms with E-state index >= 15 is 0 Å². The van der Waals surface area contributed by atoms with E-state index in [1.54, 1.807) is 16.1 Å². The average molecular weight is 332 g/mol. The molecule has 8 heteroatoms. The van der Waals surface area contributed by atoms with Crippen molar-refractivity contribution in [3.8, 4) is 0 Å². The van der Waals surface area contributed by atoms with Crippen LogP contribution in [0.2, 0.25) is 0 Å².